The van der Waals surface area contributed by atoms with E-state index in [1.54, 1.807) is 30.3 Å². The standard InChI is InChI=1S/C24H30N2O3S/c1-16-7-11-21(12-8-16)30(28,29)26(23-6-4-5-17(2)18(23)3)15-24(27)25-22-14-19-9-10-20(22)13-19/h4-8,11-12,19-20,22H,9-10,13-15H2,1-3H3,(H,25,27)/t19-,20-,22-/m1/s1. The molecule has 2 saturated carbocycles. The van der Waals surface area contributed by atoms with Gasteiger partial charge in [-0.1, -0.05) is 36.2 Å². The Morgan fingerprint density at radius 2 is 1.77 bits per heavy atom. The summed E-state index contributed by atoms with van der Waals surface area (Å²) >= 11 is 0. The minimum atomic E-state index is -3.88. The summed E-state index contributed by atoms with van der Waals surface area (Å²) in [5.41, 5.74) is 3.39. The lowest BCUT2D eigenvalue weighted by molar-refractivity contribution is -0.120. The molecule has 2 fully saturated rings. The SMILES string of the molecule is Cc1ccc(S(=O)(=O)N(CC(=O)N[C@@H]2C[C@@H]3CC[C@@H]2C3)c2cccc(C)c2C)cc1. The Morgan fingerprint density at radius 1 is 1.03 bits per heavy atom. The monoisotopic (exact) mass is 426 g/mol. The molecule has 30 heavy (non-hydrogen) atoms. The number of benzene rings is 2. The number of amides is 1. The number of aryl methyl sites for hydroxylation is 2. The van der Waals surface area contributed by atoms with E-state index in [0.717, 1.165) is 29.5 Å². The Bertz CT molecular complexity index is 1050. The number of sulfonamides is 1. The molecule has 4 rings (SSSR count). The van der Waals surface area contributed by atoms with Crippen molar-refractivity contribution >= 4 is 21.6 Å². The predicted octanol–water partition coefficient (Wildman–Crippen LogP) is 4.11. The Hall–Kier alpha value is -2.34. The second-order valence-electron chi connectivity index (χ2n) is 8.89. The predicted molar refractivity (Wildman–Crippen MR) is 119 cm³/mol. The highest BCUT2D eigenvalue weighted by molar-refractivity contribution is 7.92. The van der Waals surface area contributed by atoms with Crippen LogP contribution in [0, 0.1) is 32.6 Å². The number of carbonyl (C=O) groups excluding carboxylic acids is 1. The Kier molecular flexibility index (Phi) is 5.62. The molecule has 2 aliphatic rings. The van der Waals surface area contributed by atoms with Crippen LogP contribution in [0.25, 0.3) is 0 Å². The number of rotatable bonds is 6. The van der Waals surface area contributed by atoms with Gasteiger partial charge in [0.2, 0.25) is 5.91 Å². The maximum absolute atomic E-state index is 13.6. The van der Waals surface area contributed by atoms with Crippen LogP contribution in [-0.2, 0) is 14.8 Å². The average Bonchev–Trinajstić information content (AvgIpc) is 3.32. The summed E-state index contributed by atoms with van der Waals surface area (Å²) in [6.07, 6.45) is 4.63. The number of hydrogen-bond donors (Lipinski definition) is 1. The first-order chi connectivity index (χ1) is 14.3. The first kappa shape index (κ1) is 20.9. The highest BCUT2D eigenvalue weighted by Crippen LogP contribution is 2.44. The second-order valence-corrected chi connectivity index (χ2v) is 10.8. The number of carbonyl (C=O) groups is 1. The van der Waals surface area contributed by atoms with Gasteiger partial charge in [0.05, 0.1) is 10.6 Å². The van der Waals surface area contributed by atoms with Gasteiger partial charge in [-0.15, -0.1) is 0 Å². The van der Waals surface area contributed by atoms with Crippen LogP contribution in [0.15, 0.2) is 47.4 Å². The van der Waals surface area contributed by atoms with Crippen molar-refractivity contribution in [2.45, 2.75) is 57.4 Å². The number of anilines is 1. The molecule has 160 valence electrons. The maximum Gasteiger partial charge on any atom is 0.264 e. The second kappa shape index (κ2) is 8.06. The molecule has 1 amide bonds. The summed E-state index contributed by atoms with van der Waals surface area (Å²) in [7, 11) is -3.88. The Balaban J connectivity index is 1.64. The summed E-state index contributed by atoms with van der Waals surface area (Å²) in [5, 5.41) is 3.13. The van der Waals surface area contributed by atoms with E-state index in [1.165, 1.54) is 17.1 Å². The van der Waals surface area contributed by atoms with E-state index in [4.69, 9.17) is 0 Å². The van der Waals surface area contributed by atoms with Crippen LogP contribution in [-0.4, -0.2) is 26.9 Å². The van der Waals surface area contributed by atoms with Crippen molar-refractivity contribution in [2.24, 2.45) is 11.8 Å². The molecule has 2 aromatic rings. The van der Waals surface area contributed by atoms with Crippen molar-refractivity contribution in [2.75, 3.05) is 10.8 Å². The normalized spacial score (nSPS) is 22.8. The lowest BCUT2D eigenvalue weighted by atomic mass is 9.95. The highest BCUT2D eigenvalue weighted by atomic mass is 32.2. The van der Waals surface area contributed by atoms with Gasteiger partial charge >= 0.3 is 0 Å². The van der Waals surface area contributed by atoms with Crippen molar-refractivity contribution in [1.82, 2.24) is 5.32 Å². The number of nitrogens with one attached hydrogen (secondary N) is 1. The van der Waals surface area contributed by atoms with Gasteiger partial charge in [-0.25, -0.2) is 8.42 Å². The number of fused-ring (bicyclic) bond motifs is 2. The molecule has 2 aromatic carbocycles. The average molecular weight is 427 g/mol. The number of nitrogens with zero attached hydrogens (tertiary/aromatic N) is 1. The van der Waals surface area contributed by atoms with Gasteiger partial charge in [0.25, 0.3) is 10.0 Å². The van der Waals surface area contributed by atoms with Crippen LogP contribution in [0.4, 0.5) is 5.69 Å². The van der Waals surface area contributed by atoms with Crippen molar-refractivity contribution in [3.63, 3.8) is 0 Å². The fraction of sp³-hybridized carbons (Fsp3) is 0.458. The third-order valence-corrected chi connectivity index (χ3v) is 8.60. The first-order valence-electron chi connectivity index (χ1n) is 10.7. The van der Waals surface area contributed by atoms with Gasteiger partial charge in [-0.05, 0) is 81.2 Å². The van der Waals surface area contributed by atoms with Gasteiger partial charge in [0.15, 0.2) is 0 Å². The molecule has 0 saturated heterocycles. The van der Waals surface area contributed by atoms with E-state index >= 15 is 0 Å². The molecular weight excluding hydrogens is 396 g/mol. The Morgan fingerprint density at radius 3 is 2.40 bits per heavy atom. The molecule has 5 nitrogen and oxygen atoms in total. The van der Waals surface area contributed by atoms with E-state index < -0.39 is 10.0 Å². The van der Waals surface area contributed by atoms with E-state index in [2.05, 4.69) is 5.32 Å². The molecule has 0 radical (unpaired) electrons. The summed E-state index contributed by atoms with van der Waals surface area (Å²) in [5.74, 6) is 1.03. The number of hydrogen-bond acceptors (Lipinski definition) is 3. The van der Waals surface area contributed by atoms with Crippen LogP contribution in [0.3, 0.4) is 0 Å². The van der Waals surface area contributed by atoms with Crippen LogP contribution in [0.5, 0.6) is 0 Å². The summed E-state index contributed by atoms with van der Waals surface area (Å²) in [6, 6.07) is 12.5. The minimum absolute atomic E-state index is 0.179. The fourth-order valence-electron chi connectivity index (χ4n) is 4.95. The van der Waals surface area contributed by atoms with Gasteiger partial charge in [0, 0.05) is 6.04 Å². The molecule has 0 unspecified atom stereocenters. The van der Waals surface area contributed by atoms with E-state index in [-0.39, 0.29) is 23.4 Å². The molecule has 2 aliphatic carbocycles. The van der Waals surface area contributed by atoms with Gasteiger partial charge in [-0.3, -0.25) is 9.10 Å². The van der Waals surface area contributed by atoms with Crippen molar-refractivity contribution in [1.29, 1.82) is 0 Å². The third-order valence-electron chi connectivity index (χ3n) is 6.83. The molecule has 6 heteroatoms. The highest BCUT2D eigenvalue weighted by Gasteiger charge is 2.40. The zero-order valence-electron chi connectivity index (χ0n) is 17.9. The minimum Gasteiger partial charge on any atom is -0.352 e. The van der Waals surface area contributed by atoms with Crippen LogP contribution in [0.1, 0.15) is 42.4 Å². The zero-order chi connectivity index (χ0) is 21.5. The fourth-order valence-corrected chi connectivity index (χ4v) is 6.43. The van der Waals surface area contributed by atoms with E-state index in [1.807, 2.05) is 32.9 Å². The molecule has 0 aromatic heterocycles. The lowest BCUT2D eigenvalue weighted by Crippen LogP contribution is -2.46. The largest absolute Gasteiger partial charge is 0.352 e. The van der Waals surface area contributed by atoms with Crippen LogP contribution in [0.2, 0.25) is 0 Å². The molecule has 0 aliphatic heterocycles. The van der Waals surface area contributed by atoms with Gasteiger partial charge < -0.3 is 5.32 Å². The lowest BCUT2D eigenvalue weighted by Gasteiger charge is -2.28. The van der Waals surface area contributed by atoms with Crippen molar-refractivity contribution < 1.29 is 13.2 Å². The zero-order valence-corrected chi connectivity index (χ0v) is 18.7. The Labute approximate surface area is 179 Å². The van der Waals surface area contributed by atoms with Crippen LogP contribution < -0.4 is 9.62 Å². The molecule has 0 heterocycles. The maximum atomic E-state index is 13.6. The first-order valence-corrected chi connectivity index (χ1v) is 12.1. The summed E-state index contributed by atoms with van der Waals surface area (Å²) in [4.78, 5) is 13.2. The summed E-state index contributed by atoms with van der Waals surface area (Å²) in [6.45, 7) is 5.55. The van der Waals surface area contributed by atoms with Gasteiger partial charge in [0.1, 0.15) is 6.54 Å². The van der Waals surface area contributed by atoms with E-state index in [0.29, 0.717) is 17.5 Å². The molecule has 1 N–H and O–H groups in total. The molecule has 2 bridgehead atoms. The third kappa shape index (κ3) is 3.97. The van der Waals surface area contributed by atoms with Gasteiger partial charge in [-0.2, -0.15) is 0 Å². The van der Waals surface area contributed by atoms with Crippen molar-refractivity contribution in [3.05, 3.63) is 59.2 Å². The molecular formula is C24H30N2O3S. The molecule has 3 atom stereocenters. The molecule has 0 spiro atoms. The summed E-state index contributed by atoms with van der Waals surface area (Å²) < 4.78 is 28.4. The van der Waals surface area contributed by atoms with E-state index in [9.17, 15) is 13.2 Å². The smallest absolute Gasteiger partial charge is 0.264 e. The topological polar surface area (TPSA) is 66.5 Å². The van der Waals surface area contributed by atoms with Crippen LogP contribution >= 0.6 is 0 Å². The van der Waals surface area contributed by atoms with Crippen molar-refractivity contribution in [3.8, 4) is 0 Å². The quantitative estimate of drug-likeness (QED) is 0.756.